The summed E-state index contributed by atoms with van der Waals surface area (Å²) in [7, 11) is 0. The molecule has 0 aliphatic carbocycles. The van der Waals surface area contributed by atoms with Crippen molar-refractivity contribution in [2.45, 2.75) is 26.2 Å². The summed E-state index contributed by atoms with van der Waals surface area (Å²) in [6, 6.07) is 7.26. The zero-order valence-electron chi connectivity index (χ0n) is 15.5. The number of amides is 1. The molecular formula is C20H23N3O4. The van der Waals surface area contributed by atoms with E-state index in [4.69, 9.17) is 4.74 Å². The van der Waals surface area contributed by atoms with Crippen LogP contribution in [-0.2, 0) is 16.0 Å². The highest BCUT2D eigenvalue weighted by Gasteiger charge is 2.40. The molecule has 1 aliphatic heterocycles. The molecule has 7 heteroatoms. The molecule has 1 aliphatic rings. The number of carbonyl (C=O) groups excluding carboxylic acids is 1. The van der Waals surface area contributed by atoms with Crippen LogP contribution < -0.4 is 4.74 Å². The van der Waals surface area contributed by atoms with Crippen LogP contribution in [0.5, 0.6) is 5.75 Å². The predicted octanol–water partition coefficient (Wildman–Crippen LogP) is 2.05. The number of aromatic nitrogens is 2. The van der Waals surface area contributed by atoms with Crippen molar-refractivity contribution in [1.29, 1.82) is 0 Å². The average Bonchev–Trinajstić information content (AvgIpc) is 3.13. The second kappa shape index (κ2) is 8.16. The van der Waals surface area contributed by atoms with Crippen molar-refractivity contribution in [1.82, 2.24) is 14.9 Å². The van der Waals surface area contributed by atoms with Crippen LogP contribution in [0.2, 0.25) is 0 Å². The van der Waals surface area contributed by atoms with Crippen molar-refractivity contribution >= 4 is 11.9 Å². The van der Waals surface area contributed by atoms with Crippen LogP contribution in [-0.4, -0.2) is 51.5 Å². The van der Waals surface area contributed by atoms with Gasteiger partial charge in [-0.15, -0.1) is 0 Å². The average molecular weight is 369 g/mol. The first-order valence-corrected chi connectivity index (χ1v) is 8.99. The number of carboxylic acids is 1. The minimum Gasteiger partial charge on any atom is -0.482 e. The van der Waals surface area contributed by atoms with Crippen LogP contribution in [0.3, 0.4) is 0 Å². The Kier molecular flexibility index (Phi) is 5.69. The fourth-order valence-corrected chi connectivity index (χ4v) is 3.42. The first-order chi connectivity index (χ1) is 13.0. The molecule has 2 aromatic rings. The summed E-state index contributed by atoms with van der Waals surface area (Å²) in [4.78, 5) is 34.2. The van der Waals surface area contributed by atoms with Crippen molar-refractivity contribution in [3.05, 3.63) is 53.6 Å². The maximum absolute atomic E-state index is 12.6. The van der Waals surface area contributed by atoms with Crippen molar-refractivity contribution in [2.24, 2.45) is 5.92 Å². The minimum atomic E-state index is -0.899. The van der Waals surface area contributed by atoms with Gasteiger partial charge in [-0.3, -0.25) is 19.6 Å². The van der Waals surface area contributed by atoms with Crippen LogP contribution in [0.1, 0.15) is 29.8 Å². The van der Waals surface area contributed by atoms with Gasteiger partial charge >= 0.3 is 5.97 Å². The third-order valence-corrected chi connectivity index (χ3v) is 4.88. The molecule has 0 radical (unpaired) electrons. The molecule has 0 spiro atoms. The SMILES string of the molecule is CCc1nc(C)ccc1OCC(=O)N1C[C@@H](C(=O)O)[C@H](c2ccncc2)C1. The van der Waals surface area contributed by atoms with Crippen molar-refractivity contribution in [3.8, 4) is 5.75 Å². The summed E-state index contributed by atoms with van der Waals surface area (Å²) >= 11 is 0. The number of ether oxygens (including phenoxy) is 1. The molecule has 2 aromatic heterocycles. The Hall–Kier alpha value is -2.96. The molecule has 3 rings (SSSR count). The highest BCUT2D eigenvalue weighted by molar-refractivity contribution is 5.80. The quantitative estimate of drug-likeness (QED) is 0.838. The number of hydrogen-bond donors (Lipinski definition) is 1. The lowest BCUT2D eigenvalue weighted by Gasteiger charge is -2.17. The monoisotopic (exact) mass is 369 g/mol. The highest BCUT2D eigenvalue weighted by atomic mass is 16.5. The molecule has 0 unspecified atom stereocenters. The molecule has 1 amide bonds. The van der Waals surface area contributed by atoms with Gasteiger partial charge in [-0.1, -0.05) is 6.92 Å². The summed E-state index contributed by atoms with van der Waals surface area (Å²) in [5.74, 6) is -1.41. The summed E-state index contributed by atoms with van der Waals surface area (Å²) in [5, 5.41) is 9.55. The Morgan fingerprint density at radius 2 is 1.96 bits per heavy atom. The Morgan fingerprint density at radius 3 is 2.63 bits per heavy atom. The predicted molar refractivity (Wildman–Crippen MR) is 98.5 cm³/mol. The molecule has 0 bridgehead atoms. The number of likely N-dealkylation sites (tertiary alicyclic amines) is 1. The normalized spacial score (nSPS) is 19.1. The number of hydrogen-bond acceptors (Lipinski definition) is 5. The fraction of sp³-hybridized carbons (Fsp3) is 0.400. The zero-order chi connectivity index (χ0) is 19.4. The van der Waals surface area contributed by atoms with Crippen molar-refractivity contribution < 1.29 is 19.4 Å². The first-order valence-electron chi connectivity index (χ1n) is 8.99. The summed E-state index contributed by atoms with van der Waals surface area (Å²) in [6.07, 6.45) is 3.98. The van der Waals surface area contributed by atoms with Crippen LogP contribution in [0.15, 0.2) is 36.7 Å². The summed E-state index contributed by atoms with van der Waals surface area (Å²) in [5.41, 5.74) is 2.58. The molecule has 0 aromatic carbocycles. The molecule has 0 saturated carbocycles. The van der Waals surface area contributed by atoms with E-state index in [-0.39, 0.29) is 25.0 Å². The second-order valence-electron chi connectivity index (χ2n) is 6.67. The molecule has 142 valence electrons. The number of aryl methyl sites for hydroxylation is 2. The third kappa shape index (κ3) is 4.24. The first kappa shape index (κ1) is 18.8. The number of rotatable bonds is 6. The molecule has 7 nitrogen and oxygen atoms in total. The zero-order valence-corrected chi connectivity index (χ0v) is 15.5. The smallest absolute Gasteiger partial charge is 0.308 e. The van der Waals surface area contributed by atoms with Gasteiger partial charge in [-0.05, 0) is 43.2 Å². The standard InChI is InChI=1S/C20H23N3O4/c1-3-17-18(5-4-13(2)22-17)27-12-19(24)23-10-15(16(11-23)20(25)26)14-6-8-21-9-7-14/h4-9,15-16H,3,10-12H2,1-2H3,(H,25,26)/t15-,16+/m0/s1. The maximum Gasteiger partial charge on any atom is 0.308 e. The van der Waals surface area contributed by atoms with E-state index >= 15 is 0 Å². The lowest BCUT2D eigenvalue weighted by molar-refractivity contribution is -0.142. The van der Waals surface area contributed by atoms with E-state index in [1.54, 1.807) is 29.4 Å². The van der Waals surface area contributed by atoms with Gasteiger partial charge in [0.05, 0.1) is 11.6 Å². The van der Waals surface area contributed by atoms with E-state index in [9.17, 15) is 14.7 Å². The molecular weight excluding hydrogens is 346 g/mol. The minimum absolute atomic E-state index is 0.132. The van der Waals surface area contributed by atoms with Crippen LogP contribution in [0.25, 0.3) is 0 Å². The van der Waals surface area contributed by atoms with Gasteiger partial charge in [0, 0.05) is 37.1 Å². The number of pyridine rings is 2. The van der Waals surface area contributed by atoms with Gasteiger partial charge in [0.1, 0.15) is 5.75 Å². The van der Waals surface area contributed by atoms with Crippen LogP contribution >= 0.6 is 0 Å². The van der Waals surface area contributed by atoms with Crippen LogP contribution in [0.4, 0.5) is 0 Å². The van der Waals surface area contributed by atoms with E-state index in [2.05, 4.69) is 9.97 Å². The van der Waals surface area contributed by atoms with Crippen molar-refractivity contribution in [2.75, 3.05) is 19.7 Å². The van der Waals surface area contributed by atoms with E-state index < -0.39 is 11.9 Å². The summed E-state index contributed by atoms with van der Waals surface area (Å²) in [6.45, 7) is 4.29. The highest BCUT2D eigenvalue weighted by Crippen LogP contribution is 2.32. The van der Waals surface area contributed by atoms with Gasteiger partial charge in [0.15, 0.2) is 6.61 Å². The van der Waals surface area contributed by atoms with Gasteiger partial charge in [0.2, 0.25) is 0 Å². The van der Waals surface area contributed by atoms with E-state index in [0.29, 0.717) is 18.7 Å². The Balaban J connectivity index is 1.68. The molecule has 27 heavy (non-hydrogen) atoms. The largest absolute Gasteiger partial charge is 0.482 e. The van der Waals surface area contributed by atoms with Gasteiger partial charge in [-0.2, -0.15) is 0 Å². The molecule has 1 saturated heterocycles. The number of carboxylic acid groups (broad SMARTS) is 1. The fourth-order valence-electron chi connectivity index (χ4n) is 3.42. The van der Waals surface area contributed by atoms with Gasteiger partial charge < -0.3 is 14.7 Å². The lowest BCUT2D eigenvalue weighted by Crippen LogP contribution is -2.34. The van der Waals surface area contributed by atoms with E-state index in [1.807, 2.05) is 26.0 Å². The Bertz CT molecular complexity index is 825. The third-order valence-electron chi connectivity index (χ3n) is 4.88. The molecule has 1 N–H and O–H groups in total. The summed E-state index contributed by atoms with van der Waals surface area (Å²) < 4.78 is 5.68. The maximum atomic E-state index is 12.6. The molecule has 3 heterocycles. The topological polar surface area (TPSA) is 92.6 Å². The molecule has 2 atom stereocenters. The number of aliphatic carboxylic acids is 1. The number of carbonyl (C=O) groups is 2. The van der Waals surface area contributed by atoms with Crippen molar-refractivity contribution in [3.63, 3.8) is 0 Å². The van der Waals surface area contributed by atoms with E-state index in [0.717, 1.165) is 17.0 Å². The van der Waals surface area contributed by atoms with E-state index in [1.165, 1.54) is 0 Å². The van der Waals surface area contributed by atoms with Crippen LogP contribution in [0, 0.1) is 12.8 Å². The molecule has 1 fully saturated rings. The lowest BCUT2D eigenvalue weighted by atomic mass is 9.90. The second-order valence-corrected chi connectivity index (χ2v) is 6.67. The Morgan fingerprint density at radius 1 is 1.22 bits per heavy atom. The Labute approximate surface area is 158 Å². The number of nitrogens with zero attached hydrogens (tertiary/aromatic N) is 3. The van der Waals surface area contributed by atoms with Gasteiger partial charge in [0.25, 0.3) is 5.91 Å². The van der Waals surface area contributed by atoms with Gasteiger partial charge in [-0.25, -0.2) is 0 Å².